The second-order valence-corrected chi connectivity index (χ2v) is 8.17. The average molecular weight is 399 g/mol. The third-order valence-electron chi connectivity index (χ3n) is 5.80. The topological polar surface area (TPSA) is 59.0 Å². The van der Waals surface area contributed by atoms with Crippen LogP contribution in [-0.2, 0) is 5.54 Å². The zero-order chi connectivity index (χ0) is 19.5. The minimum absolute atomic E-state index is 0.118. The van der Waals surface area contributed by atoms with Crippen LogP contribution in [0.5, 0.6) is 0 Å². The smallest absolute Gasteiger partial charge is 0.261 e. The summed E-state index contributed by atoms with van der Waals surface area (Å²) in [5, 5.41) is 7.76. The van der Waals surface area contributed by atoms with E-state index >= 15 is 0 Å². The van der Waals surface area contributed by atoms with Gasteiger partial charge in [0.1, 0.15) is 5.52 Å². The van der Waals surface area contributed by atoms with Crippen molar-refractivity contribution in [3.05, 3.63) is 69.0 Å². The van der Waals surface area contributed by atoms with Crippen LogP contribution in [0.4, 0.5) is 10.1 Å². The first-order chi connectivity index (χ1) is 13.5. The molecule has 1 aromatic heterocycles. The highest BCUT2D eigenvalue weighted by Gasteiger charge is 2.40. The summed E-state index contributed by atoms with van der Waals surface area (Å²) in [7, 11) is 0. The van der Waals surface area contributed by atoms with E-state index in [2.05, 4.69) is 15.6 Å². The molecule has 144 valence electrons. The predicted molar refractivity (Wildman–Crippen MR) is 109 cm³/mol. The maximum absolute atomic E-state index is 14.7. The lowest BCUT2D eigenvalue weighted by Gasteiger charge is -2.45. The molecule has 0 amide bonds. The molecule has 1 aliphatic carbocycles. The van der Waals surface area contributed by atoms with Crippen molar-refractivity contribution >= 4 is 28.2 Å². The van der Waals surface area contributed by atoms with Gasteiger partial charge in [0.25, 0.3) is 5.56 Å². The van der Waals surface area contributed by atoms with Crippen LogP contribution in [0.3, 0.4) is 0 Å². The fourth-order valence-electron chi connectivity index (χ4n) is 4.01. The number of fused-ring (bicyclic) bond motifs is 1. The first-order valence-corrected chi connectivity index (χ1v) is 9.81. The van der Waals surface area contributed by atoms with Gasteiger partial charge in [-0.05, 0) is 49.1 Å². The Morgan fingerprint density at radius 1 is 1.32 bits per heavy atom. The van der Waals surface area contributed by atoms with E-state index < -0.39 is 11.4 Å². The molecule has 0 spiro atoms. The van der Waals surface area contributed by atoms with Gasteiger partial charge in [-0.25, -0.2) is 9.37 Å². The molecule has 28 heavy (non-hydrogen) atoms. The maximum Gasteiger partial charge on any atom is 0.261 e. The second-order valence-electron chi connectivity index (χ2n) is 7.77. The van der Waals surface area contributed by atoms with Crippen molar-refractivity contribution in [2.45, 2.75) is 31.3 Å². The Hall–Kier alpha value is -2.44. The van der Waals surface area contributed by atoms with Crippen LogP contribution in [0.2, 0.25) is 5.02 Å². The van der Waals surface area contributed by atoms with Gasteiger partial charge < -0.3 is 10.6 Å². The quantitative estimate of drug-likeness (QED) is 0.702. The monoisotopic (exact) mass is 398 g/mol. The Labute approximate surface area is 166 Å². The van der Waals surface area contributed by atoms with E-state index in [1.54, 1.807) is 10.6 Å². The van der Waals surface area contributed by atoms with Gasteiger partial charge in [0.05, 0.1) is 17.3 Å². The van der Waals surface area contributed by atoms with Crippen molar-refractivity contribution < 1.29 is 4.39 Å². The number of nitrogens with zero attached hydrogens (tertiary/aromatic N) is 2. The third-order valence-corrected chi connectivity index (χ3v) is 6.21. The molecule has 5 nitrogen and oxygen atoms in total. The van der Waals surface area contributed by atoms with Gasteiger partial charge in [0.2, 0.25) is 0 Å². The number of rotatable bonds is 4. The van der Waals surface area contributed by atoms with Crippen LogP contribution in [0, 0.1) is 12.7 Å². The predicted octanol–water partition coefficient (Wildman–Crippen LogP) is 3.74. The Kier molecular flexibility index (Phi) is 3.96. The summed E-state index contributed by atoms with van der Waals surface area (Å²) in [5.74, 6) is -0.495. The zero-order valence-corrected chi connectivity index (χ0v) is 16.2. The van der Waals surface area contributed by atoms with E-state index in [4.69, 9.17) is 11.6 Å². The fraction of sp³-hybridized carbons (Fsp3) is 0.333. The molecule has 0 unspecified atom stereocenters. The van der Waals surface area contributed by atoms with E-state index in [0.717, 1.165) is 24.0 Å². The molecule has 0 bridgehead atoms. The van der Waals surface area contributed by atoms with Crippen molar-refractivity contribution in [3.8, 4) is 0 Å². The Bertz CT molecular complexity index is 1150. The molecule has 2 aromatic carbocycles. The van der Waals surface area contributed by atoms with Gasteiger partial charge in [-0.3, -0.25) is 9.36 Å². The van der Waals surface area contributed by atoms with Gasteiger partial charge in [0, 0.05) is 29.8 Å². The molecular formula is C21H20ClFN4O. The van der Waals surface area contributed by atoms with Crippen LogP contribution >= 0.6 is 11.6 Å². The minimum atomic E-state index is -0.495. The lowest BCUT2D eigenvalue weighted by atomic mass is 9.81. The molecule has 0 atom stereocenters. The number of halogens is 2. The van der Waals surface area contributed by atoms with Crippen LogP contribution in [0.1, 0.15) is 30.0 Å². The molecule has 2 aliphatic rings. The maximum atomic E-state index is 14.7. The zero-order valence-electron chi connectivity index (χ0n) is 15.4. The summed E-state index contributed by atoms with van der Waals surface area (Å²) >= 11 is 6.32. The molecule has 2 N–H and O–H groups in total. The average Bonchev–Trinajstić information content (AvgIpc) is 3.47. The summed E-state index contributed by atoms with van der Waals surface area (Å²) in [6.07, 6.45) is 3.40. The number of hydrogen-bond acceptors (Lipinski definition) is 4. The number of aromatic nitrogens is 2. The number of anilines is 1. The number of hydrogen-bond donors (Lipinski definition) is 2. The van der Waals surface area contributed by atoms with E-state index in [1.165, 1.54) is 12.4 Å². The van der Waals surface area contributed by atoms with Gasteiger partial charge >= 0.3 is 0 Å². The first kappa shape index (κ1) is 17.6. The first-order valence-electron chi connectivity index (χ1n) is 9.43. The van der Waals surface area contributed by atoms with Crippen LogP contribution < -0.4 is 16.2 Å². The molecule has 5 rings (SSSR count). The lowest BCUT2D eigenvalue weighted by Crippen LogP contribution is -2.61. The molecule has 3 aromatic rings. The second kappa shape index (κ2) is 6.29. The van der Waals surface area contributed by atoms with Crippen molar-refractivity contribution in [2.24, 2.45) is 0 Å². The molecule has 0 radical (unpaired) electrons. The minimum Gasteiger partial charge on any atom is -0.373 e. The largest absolute Gasteiger partial charge is 0.373 e. The van der Waals surface area contributed by atoms with E-state index in [9.17, 15) is 9.18 Å². The highest BCUT2D eigenvalue weighted by atomic mass is 35.5. The fourth-order valence-corrected chi connectivity index (χ4v) is 4.19. The van der Waals surface area contributed by atoms with Crippen LogP contribution in [0.15, 0.2) is 41.5 Å². The van der Waals surface area contributed by atoms with E-state index in [-0.39, 0.29) is 17.1 Å². The van der Waals surface area contributed by atoms with E-state index in [1.807, 2.05) is 25.1 Å². The summed E-state index contributed by atoms with van der Waals surface area (Å²) in [5.41, 5.74) is 2.17. The van der Waals surface area contributed by atoms with Gasteiger partial charge in [-0.2, -0.15) is 0 Å². The summed E-state index contributed by atoms with van der Waals surface area (Å²) in [4.78, 5) is 17.0. The molecule has 7 heteroatoms. The third kappa shape index (κ3) is 2.71. The van der Waals surface area contributed by atoms with Crippen molar-refractivity contribution in [1.29, 1.82) is 0 Å². The van der Waals surface area contributed by atoms with Crippen LogP contribution in [0.25, 0.3) is 10.9 Å². The summed E-state index contributed by atoms with van der Waals surface area (Å²) in [6, 6.07) is 9.14. The standard InChI is InChI=1S/C21H20ClFN4O/c1-12-16(3-2-4-17(12)22)21(9-24-10-21)26-13-7-15-19(18(23)8-13)25-11-27(20(15)28)14-5-6-14/h2-4,7-8,11,14,24,26H,5-6,9-10H2,1H3. The Morgan fingerprint density at radius 2 is 2.11 bits per heavy atom. The van der Waals surface area contributed by atoms with Crippen molar-refractivity contribution in [3.63, 3.8) is 0 Å². The summed E-state index contributed by atoms with van der Waals surface area (Å²) < 4.78 is 16.3. The number of nitrogens with one attached hydrogen (secondary N) is 2. The molecular weight excluding hydrogens is 379 g/mol. The van der Waals surface area contributed by atoms with E-state index in [0.29, 0.717) is 29.2 Å². The Balaban J connectivity index is 1.60. The molecule has 1 aliphatic heterocycles. The number of benzene rings is 2. The highest BCUT2D eigenvalue weighted by molar-refractivity contribution is 6.31. The normalized spacial score (nSPS) is 18.1. The van der Waals surface area contributed by atoms with Gasteiger partial charge in [-0.15, -0.1) is 0 Å². The molecule has 1 saturated heterocycles. The van der Waals surface area contributed by atoms with Crippen molar-refractivity contribution in [1.82, 2.24) is 14.9 Å². The lowest BCUT2D eigenvalue weighted by molar-refractivity contribution is 0.316. The van der Waals surface area contributed by atoms with Crippen molar-refractivity contribution in [2.75, 3.05) is 18.4 Å². The SMILES string of the molecule is Cc1c(Cl)cccc1C1(Nc2cc(F)c3ncn(C4CC4)c(=O)c3c2)CNC1. The highest BCUT2D eigenvalue weighted by Crippen LogP contribution is 2.36. The van der Waals surface area contributed by atoms with Gasteiger partial charge in [-0.1, -0.05) is 23.7 Å². The Morgan fingerprint density at radius 3 is 2.79 bits per heavy atom. The molecule has 2 fully saturated rings. The summed E-state index contributed by atoms with van der Waals surface area (Å²) in [6.45, 7) is 3.36. The van der Waals surface area contributed by atoms with Crippen LogP contribution in [-0.4, -0.2) is 22.6 Å². The molecule has 1 saturated carbocycles. The van der Waals surface area contributed by atoms with Gasteiger partial charge in [0.15, 0.2) is 5.82 Å². The molecule has 2 heterocycles.